The first-order valence-electron chi connectivity index (χ1n) is 16.1. The number of carbonyl (C=O) groups excluding carboxylic acids is 3. The molecule has 1 atom stereocenters. The van der Waals surface area contributed by atoms with E-state index in [2.05, 4.69) is 61.4 Å². The van der Waals surface area contributed by atoms with Crippen LogP contribution in [0.15, 0.2) is 73.1 Å². The highest BCUT2D eigenvalue weighted by Crippen LogP contribution is 2.54. The fourth-order valence-corrected chi connectivity index (χ4v) is 7.12. The Morgan fingerprint density at radius 1 is 0.886 bits per heavy atom. The molecule has 1 saturated carbocycles. The van der Waals surface area contributed by atoms with E-state index >= 15 is 0 Å². The molecule has 0 unspecified atom stereocenters. The molecule has 2 aromatic carbocycles. The molecule has 1 aromatic heterocycles. The van der Waals surface area contributed by atoms with Crippen LogP contribution in [0.4, 0.5) is 0 Å². The van der Waals surface area contributed by atoms with Crippen molar-refractivity contribution in [3.8, 4) is 0 Å². The Bertz CT molecular complexity index is 1440. The van der Waals surface area contributed by atoms with Gasteiger partial charge in [0.25, 0.3) is 5.91 Å². The highest BCUT2D eigenvalue weighted by atomic mass is 16.2. The molecule has 3 saturated heterocycles. The van der Waals surface area contributed by atoms with Crippen LogP contribution in [0.25, 0.3) is 0 Å². The highest BCUT2D eigenvalue weighted by Gasteiger charge is 2.57. The van der Waals surface area contributed by atoms with E-state index in [1.54, 1.807) is 6.20 Å². The van der Waals surface area contributed by atoms with Crippen molar-refractivity contribution in [2.45, 2.75) is 52.5 Å². The topological polar surface area (TPSA) is 78.8 Å². The summed E-state index contributed by atoms with van der Waals surface area (Å²) in [6.07, 6.45) is 9.92. The van der Waals surface area contributed by atoms with Gasteiger partial charge >= 0.3 is 0 Å². The van der Waals surface area contributed by atoms with E-state index in [1.807, 2.05) is 43.8 Å². The largest absolute Gasteiger partial charge is 0.345 e. The van der Waals surface area contributed by atoms with Gasteiger partial charge in [-0.25, -0.2) is 0 Å². The molecule has 8 heteroatoms. The molecule has 4 aliphatic rings. The van der Waals surface area contributed by atoms with Crippen LogP contribution in [0, 0.1) is 22.7 Å². The van der Waals surface area contributed by atoms with Gasteiger partial charge in [0.15, 0.2) is 0 Å². The Kier molecular flexibility index (Phi) is 8.61. The molecule has 1 spiro atoms. The molecule has 7 rings (SSSR count). The van der Waals surface area contributed by atoms with E-state index < -0.39 is 0 Å². The SMILES string of the molecule is CC1(C)C[C@@H]1C(=O)N1CC2(CCN(C(=O)c3cnn(Cc4ccccc4)c3)C2)C1.O=CN1CCC(Cc2ccccc2)CC1. The van der Waals surface area contributed by atoms with E-state index in [0.29, 0.717) is 18.0 Å². The van der Waals surface area contributed by atoms with Crippen molar-refractivity contribution in [2.24, 2.45) is 22.7 Å². The van der Waals surface area contributed by atoms with Gasteiger partial charge in [0.1, 0.15) is 0 Å². The Labute approximate surface area is 261 Å². The normalized spacial score (nSPS) is 21.8. The summed E-state index contributed by atoms with van der Waals surface area (Å²) in [5.41, 5.74) is 3.50. The second kappa shape index (κ2) is 12.6. The standard InChI is InChI=1S/C23H28N4O2.C13H17NO/c1-22(2)10-19(22)21(29)26-15-23(16-26)8-9-25(14-23)20(28)18-11-24-27(13-18)12-17-6-4-3-5-7-17;15-11-14-8-6-13(7-9-14)10-12-4-2-1-3-5-12/h3-7,11,13,19H,8-10,12,14-16H2,1-2H3;1-5,11,13H,6-10H2/t19-;/m1./s1. The Balaban J connectivity index is 0.000000193. The van der Waals surface area contributed by atoms with Crippen molar-refractivity contribution < 1.29 is 14.4 Å². The molecule has 8 nitrogen and oxygen atoms in total. The Morgan fingerprint density at radius 3 is 2.11 bits per heavy atom. The minimum Gasteiger partial charge on any atom is -0.345 e. The number of likely N-dealkylation sites (tertiary alicyclic amines) is 3. The van der Waals surface area contributed by atoms with Crippen molar-refractivity contribution in [1.82, 2.24) is 24.5 Å². The predicted octanol–water partition coefficient (Wildman–Crippen LogP) is 4.75. The Hall–Kier alpha value is -3.94. The zero-order valence-electron chi connectivity index (χ0n) is 26.1. The molecule has 0 radical (unpaired) electrons. The van der Waals surface area contributed by atoms with Crippen molar-refractivity contribution in [2.75, 3.05) is 39.3 Å². The third-order valence-electron chi connectivity index (χ3n) is 10.1. The second-order valence-electron chi connectivity index (χ2n) is 14.1. The molecular formula is C36H45N5O3. The average Bonchev–Trinajstić information content (AvgIpc) is 3.36. The third-order valence-corrected chi connectivity index (χ3v) is 10.1. The van der Waals surface area contributed by atoms with Crippen LogP contribution < -0.4 is 0 Å². The van der Waals surface area contributed by atoms with E-state index in [9.17, 15) is 14.4 Å². The number of piperidine rings is 1. The molecule has 4 fully saturated rings. The van der Waals surface area contributed by atoms with Crippen molar-refractivity contribution >= 4 is 18.2 Å². The molecule has 44 heavy (non-hydrogen) atoms. The lowest BCUT2D eigenvalue weighted by molar-refractivity contribution is -0.144. The van der Waals surface area contributed by atoms with E-state index in [4.69, 9.17) is 0 Å². The smallest absolute Gasteiger partial charge is 0.257 e. The first kappa shape index (κ1) is 30.1. The van der Waals surface area contributed by atoms with Gasteiger partial charge in [-0.2, -0.15) is 5.10 Å². The number of aromatic nitrogens is 2. The van der Waals surface area contributed by atoms with Crippen LogP contribution in [-0.4, -0.2) is 82.0 Å². The summed E-state index contributed by atoms with van der Waals surface area (Å²) >= 11 is 0. The minimum atomic E-state index is 0.0503. The molecule has 3 aromatic rings. The van der Waals surface area contributed by atoms with Gasteiger partial charge in [-0.15, -0.1) is 0 Å². The first-order chi connectivity index (χ1) is 21.2. The highest BCUT2D eigenvalue weighted by molar-refractivity contribution is 5.94. The van der Waals surface area contributed by atoms with Gasteiger partial charge < -0.3 is 14.7 Å². The summed E-state index contributed by atoms with van der Waals surface area (Å²) in [7, 11) is 0. The maximum absolute atomic E-state index is 13.0. The third kappa shape index (κ3) is 6.90. The van der Waals surface area contributed by atoms with Crippen LogP contribution in [0.2, 0.25) is 0 Å². The number of hydrogen-bond donors (Lipinski definition) is 0. The van der Waals surface area contributed by atoms with Crippen molar-refractivity contribution in [1.29, 1.82) is 0 Å². The van der Waals surface area contributed by atoms with Crippen LogP contribution >= 0.6 is 0 Å². The van der Waals surface area contributed by atoms with Gasteiger partial charge in [0, 0.05) is 56.8 Å². The van der Waals surface area contributed by atoms with Crippen LogP contribution in [-0.2, 0) is 22.6 Å². The summed E-state index contributed by atoms with van der Waals surface area (Å²) in [5, 5.41) is 4.37. The molecule has 1 aliphatic carbocycles. The molecule has 232 valence electrons. The number of amides is 3. The van der Waals surface area contributed by atoms with E-state index in [-0.39, 0.29) is 22.7 Å². The summed E-state index contributed by atoms with van der Waals surface area (Å²) < 4.78 is 1.82. The molecule has 0 bridgehead atoms. The van der Waals surface area contributed by atoms with Crippen LogP contribution in [0.3, 0.4) is 0 Å². The molecular weight excluding hydrogens is 550 g/mol. The number of hydrogen-bond acceptors (Lipinski definition) is 4. The van der Waals surface area contributed by atoms with Gasteiger partial charge in [-0.3, -0.25) is 19.1 Å². The summed E-state index contributed by atoms with van der Waals surface area (Å²) in [5.74, 6) is 1.32. The van der Waals surface area contributed by atoms with Crippen LogP contribution in [0.1, 0.15) is 61.0 Å². The number of nitrogens with zero attached hydrogens (tertiary/aromatic N) is 5. The molecule has 3 aliphatic heterocycles. The maximum Gasteiger partial charge on any atom is 0.257 e. The Morgan fingerprint density at radius 2 is 1.50 bits per heavy atom. The lowest BCUT2D eigenvalue weighted by atomic mass is 9.78. The maximum atomic E-state index is 13.0. The number of carbonyl (C=O) groups is 3. The van der Waals surface area contributed by atoms with E-state index in [0.717, 1.165) is 89.3 Å². The fourth-order valence-electron chi connectivity index (χ4n) is 7.12. The summed E-state index contributed by atoms with van der Waals surface area (Å²) in [6, 6.07) is 20.7. The van der Waals surface area contributed by atoms with Crippen molar-refractivity contribution in [3.05, 3.63) is 89.7 Å². The lowest BCUT2D eigenvalue weighted by Gasteiger charge is -2.48. The molecule has 0 N–H and O–H groups in total. The van der Waals surface area contributed by atoms with Gasteiger partial charge in [-0.05, 0) is 54.6 Å². The quantitative estimate of drug-likeness (QED) is 0.370. The van der Waals surface area contributed by atoms with Crippen LogP contribution in [0.5, 0.6) is 0 Å². The number of benzene rings is 2. The fraction of sp³-hybridized carbons (Fsp3) is 0.500. The van der Waals surface area contributed by atoms with Crippen molar-refractivity contribution in [3.63, 3.8) is 0 Å². The predicted molar refractivity (Wildman–Crippen MR) is 170 cm³/mol. The molecule has 3 amide bonds. The summed E-state index contributed by atoms with van der Waals surface area (Å²) in [6.45, 7) is 9.96. The lowest BCUT2D eigenvalue weighted by Crippen LogP contribution is -2.60. The first-order valence-corrected chi connectivity index (χ1v) is 16.1. The zero-order chi connectivity index (χ0) is 30.7. The summed E-state index contributed by atoms with van der Waals surface area (Å²) in [4.78, 5) is 41.9. The van der Waals surface area contributed by atoms with E-state index in [1.165, 1.54) is 5.56 Å². The van der Waals surface area contributed by atoms with Gasteiger partial charge in [-0.1, -0.05) is 74.5 Å². The molecule has 4 heterocycles. The van der Waals surface area contributed by atoms with Gasteiger partial charge in [0.05, 0.1) is 18.3 Å². The monoisotopic (exact) mass is 595 g/mol. The number of rotatable bonds is 7. The average molecular weight is 596 g/mol. The second-order valence-corrected chi connectivity index (χ2v) is 14.1. The minimum absolute atomic E-state index is 0.0503. The zero-order valence-corrected chi connectivity index (χ0v) is 26.1. The van der Waals surface area contributed by atoms with Gasteiger partial charge in [0.2, 0.25) is 12.3 Å².